The minimum absolute atomic E-state index is 0.00622. The molecule has 0 heterocycles. The summed E-state index contributed by atoms with van der Waals surface area (Å²) in [6, 6.07) is 8.93. The lowest BCUT2D eigenvalue weighted by atomic mass is 10.3. The number of anilines is 1. The maximum Gasteiger partial charge on any atom is 0.225 e. The second-order valence-corrected chi connectivity index (χ2v) is 5.55. The fourth-order valence-corrected chi connectivity index (χ4v) is 1.58. The van der Waals surface area contributed by atoms with E-state index in [0.717, 1.165) is 6.26 Å². The molecule has 1 aromatic rings. The van der Waals surface area contributed by atoms with Gasteiger partial charge in [0.2, 0.25) is 5.91 Å². The summed E-state index contributed by atoms with van der Waals surface area (Å²) in [6.07, 6.45) is 1.11. The van der Waals surface area contributed by atoms with E-state index in [1.165, 1.54) is 0 Å². The Bertz CT molecular complexity index is 425. The summed E-state index contributed by atoms with van der Waals surface area (Å²) in [5, 5.41) is 2.61. The van der Waals surface area contributed by atoms with Crippen molar-refractivity contribution in [3.05, 3.63) is 30.3 Å². The van der Waals surface area contributed by atoms with E-state index < -0.39 is 9.84 Å². The third kappa shape index (κ3) is 5.17. The van der Waals surface area contributed by atoms with Gasteiger partial charge in [0.15, 0.2) is 0 Å². The molecule has 0 saturated carbocycles. The zero-order valence-corrected chi connectivity index (χ0v) is 9.25. The monoisotopic (exact) mass is 227 g/mol. The summed E-state index contributed by atoms with van der Waals surface area (Å²) in [5.41, 5.74) is 0.677. The predicted octanol–water partition coefficient (Wildman–Crippen LogP) is 1.06. The van der Waals surface area contributed by atoms with Gasteiger partial charge in [-0.3, -0.25) is 4.79 Å². The molecule has 0 aliphatic heterocycles. The number of sulfone groups is 1. The highest BCUT2D eigenvalue weighted by atomic mass is 32.2. The molecule has 0 bridgehead atoms. The molecular weight excluding hydrogens is 214 g/mol. The highest BCUT2D eigenvalue weighted by Crippen LogP contribution is 2.05. The van der Waals surface area contributed by atoms with Crippen LogP contribution in [0.5, 0.6) is 0 Å². The predicted molar refractivity (Wildman–Crippen MR) is 59.4 cm³/mol. The summed E-state index contributed by atoms with van der Waals surface area (Å²) < 4.78 is 21.6. The van der Waals surface area contributed by atoms with Crippen LogP contribution in [0.2, 0.25) is 0 Å². The molecule has 82 valence electrons. The maximum absolute atomic E-state index is 11.3. The molecule has 5 heteroatoms. The Kier molecular flexibility index (Phi) is 3.85. The first-order chi connectivity index (χ1) is 6.97. The molecule has 1 aromatic carbocycles. The maximum atomic E-state index is 11.3. The van der Waals surface area contributed by atoms with Crippen molar-refractivity contribution in [2.24, 2.45) is 0 Å². The minimum Gasteiger partial charge on any atom is -0.326 e. The van der Waals surface area contributed by atoms with Gasteiger partial charge in [-0.1, -0.05) is 18.2 Å². The van der Waals surface area contributed by atoms with Crippen LogP contribution in [0.4, 0.5) is 5.69 Å². The van der Waals surface area contributed by atoms with E-state index in [1.54, 1.807) is 24.3 Å². The number of para-hydroxylation sites is 1. The summed E-state index contributed by atoms with van der Waals surface area (Å²) in [5.74, 6) is -0.405. The molecule has 1 rings (SSSR count). The first-order valence-electron chi connectivity index (χ1n) is 4.50. The fraction of sp³-hybridized carbons (Fsp3) is 0.300. The summed E-state index contributed by atoms with van der Waals surface area (Å²) >= 11 is 0. The van der Waals surface area contributed by atoms with Crippen molar-refractivity contribution >= 4 is 21.4 Å². The largest absolute Gasteiger partial charge is 0.326 e. The number of nitrogens with one attached hydrogen (secondary N) is 1. The molecule has 0 spiro atoms. The van der Waals surface area contributed by atoms with E-state index in [-0.39, 0.29) is 18.1 Å². The van der Waals surface area contributed by atoms with Crippen molar-refractivity contribution < 1.29 is 13.2 Å². The van der Waals surface area contributed by atoms with Crippen LogP contribution < -0.4 is 5.32 Å². The molecule has 0 aliphatic carbocycles. The summed E-state index contributed by atoms with van der Waals surface area (Å²) in [4.78, 5) is 11.3. The van der Waals surface area contributed by atoms with Crippen molar-refractivity contribution in [1.82, 2.24) is 0 Å². The van der Waals surface area contributed by atoms with Gasteiger partial charge in [-0.25, -0.2) is 8.42 Å². The molecule has 0 aromatic heterocycles. The molecule has 1 amide bonds. The molecule has 4 nitrogen and oxygen atoms in total. The number of hydrogen-bond acceptors (Lipinski definition) is 3. The number of rotatable bonds is 4. The first kappa shape index (κ1) is 11.7. The number of hydrogen-bond donors (Lipinski definition) is 1. The number of carbonyl (C=O) groups excluding carboxylic acids is 1. The van der Waals surface area contributed by atoms with Crippen molar-refractivity contribution in [3.8, 4) is 0 Å². The van der Waals surface area contributed by atoms with Crippen molar-refractivity contribution in [2.45, 2.75) is 6.42 Å². The highest BCUT2D eigenvalue weighted by Gasteiger charge is 2.07. The van der Waals surface area contributed by atoms with Crippen LogP contribution in [-0.2, 0) is 14.6 Å². The van der Waals surface area contributed by atoms with E-state index in [0.29, 0.717) is 5.69 Å². The van der Waals surface area contributed by atoms with Crippen LogP contribution in [0, 0.1) is 0 Å². The second kappa shape index (κ2) is 4.93. The Morgan fingerprint density at radius 2 is 1.87 bits per heavy atom. The minimum atomic E-state index is -3.07. The molecule has 15 heavy (non-hydrogen) atoms. The Morgan fingerprint density at radius 3 is 2.40 bits per heavy atom. The van der Waals surface area contributed by atoms with Gasteiger partial charge in [0.1, 0.15) is 9.84 Å². The van der Waals surface area contributed by atoms with Crippen molar-refractivity contribution in [2.75, 3.05) is 17.3 Å². The van der Waals surface area contributed by atoms with Crippen LogP contribution >= 0.6 is 0 Å². The normalized spacial score (nSPS) is 11.0. The summed E-state index contributed by atoms with van der Waals surface area (Å²) in [7, 11) is -3.07. The third-order valence-electron chi connectivity index (χ3n) is 1.76. The van der Waals surface area contributed by atoms with Crippen LogP contribution in [0.3, 0.4) is 0 Å². The highest BCUT2D eigenvalue weighted by molar-refractivity contribution is 7.90. The smallest absolute Gasteiger partial charge is 0.225 e. The van der Waals surface area contributed by atoms with E-state index in [9.17, 15) is 13.2 Å². The summed E-state index contributed by atoms with van der Waals surface area (Å²) in [6.45, 7) is 0. The zero-order valence-electron chi connectivity index (χ0n) is 8.43. The number of amides is 1. The van der Waals surface area contributed by atoms with Crippen LogP contribution in [0.25, 0.3) is 0 Å². The molecule has 1 N–H and O–H groups in total. The van der Waals surface area contributed by atoms with Crippen molar-refractivity contribution in [3.63, 3.8) is 0 Å². The molecule has 0 unspecified atom stereocenters. The van der Waals surface area contributed by atoms with Gasteiger partial charge in [-0.2, -0.15) is 0 Å². The average molecular weight is 227 g/mol. The standard InChI is InChI=1S/C10H13NO3S/c1-15(13,14)8-7-10(12)11-9-5-3-2-4-6-9/h2-6H,7-8H2,1H3,(H,11,12). The van der Waals surface area contributed by atoms with Gasteiger partial charge < -0.3 is 5.32 Å². The SMILES string of the molecule is CS(=O)(=O)CCC(=O)Nc1ccccc1. The first-order valence-corrected chi connectivity index (χ1v) is 6.56. The molecule has 0 fully saturated rings. The topological polar surface area (TPSA) is 63.2 Å². The number of benzene rings is 1. The Labute approximate surface area is 89.2 Å². The lowest BCUT2D eigenvalue weighted by Gasteiger charge is -2.03. The van der Waals surface area contributed by atoms with E-state index in [2.05, 4.69) is 5.32 Å². The van der Waals surface area contributed by atoms with Gasteiger partial charge in [0.25, 0.3) is 0 Å². The zero-order chi connectivity index (χ0) is 11.3. The average Bonchev–Trinajstić information content (AvgIpc) is 2.15. The molecular formula is C10H13NO3S. The van der Waals surface area contributed by atoms with Crippen molar-refractivity contribution in [1.29, 1.82) is 0 Å². The lowest BCUT2D eigenvalue weighted by Crippen LogP contribution is -2.16. The quantitative estimate of drug-likeness (QED) is 0.836. The lowest BCUT2D eigenvalue weighted by molar-refractivity contribution is -0.115. The van der Waals surface area contributed by atoms with Gasteiger partial charge in [-0.05, 0) is 12.1 Å². The van der Waals surface area contributed by atoms with Gasteiger partial charge in [0.05, 0.1) is 5.75 Å². The Morgan fingerprint density at radius 1 is 1.27 bits per heavy atom. The van der Waals surface area contributed by atoms with Gasteiger partial charge in [0, 0.05) is 18.4 Å². The van der Waals surface area contributed by atoms with E-state index in [1.807, 2.05) is 6.07 Å². The molecule has 0 atom stereocenters. The third-order valence-corrected chi connectivity index (χ3v) is 2.70. The molecule has 0 aliphatic rings. The Hall–Kier alpha value is -1.36. The fourth-order valence-electron chi connectivity index (χ4n) is 1.02. The van der Waals surface area contributed by atoms with E-state index >= 15 is 0 Å². The van der Waals surface area contributed by atoms with E-state index in [4.69, 9.17) is 0 Å². The molecule has 0 saturated heterocycles. The second-order valence-electron chi connectivity index (χ2n) is 3.29. The van der Waals surface area contributed by atoms with Crippen LogP contribution in [0.15, 0.2) is 30.3 Å². The Balaban J connectivity index is 2.44. The van der Waals surface area contributed by atoms with Crippen LogP contribution in [0.1, 0.15) is 6.42 Å². The van der Waals surface area contributed by atoms with Gasteiger partial charge >= 0.3 is 0 Å². The van der Waals surface area contributed by atoms with Crippen LogP contribution in [-0.4, -0.2) is 26.3 Å². The number of carbonyl (C=O) groups is 1. The van der Waals surface area contributed by atoms with Gasteiger partial charge in [-0.15, -0.1) is 0 Å². The molecule has 0 radical (unpaired) electrons.